The molecule has 0 aromatic carbocycles. The lowest BCUT2D eigenvalue weighted by molar-refractivity contribution is -0.148. The van der Waals surface area contributed by atoms with Crippen molar-refractivity contribution in [1.82, 2.24) is 9.29 Å². The number of rotatable bonds is 4. The minimum absolute atomic E-state index is 0.190. The number of aromatic amines is 1. The molecular formula is C13H18N2O5S. The fourth-order valence-electron chi connectivity index (χ4n) is 2.40. The zero-order valence-electron chi connectivity index (χ0n) is 11.7. The monoisotopic (exact) mass is 314 g/mol. The molecule has 2 rings (SSSR count). The first-order chi connectivity index (χ1) is 9.98. The van der Waals surface area contributed by atoms with Gasteiger partial charge in [0.05, 0.1) is 6.61 Å². The van der Waals surface area contributed by atoms with Gasteiger partial charge >= 0.3 is 5.97 Å². The summed E-state index contributed by atoms with van der Waals surface area (Å²) in [5.74, 6) is -0.562. The molecule has 21 heavy (non-hydrogen) atoms. The Morgan fingerprint density at radius 3 is 2.90 bits per heavy atom. The van der Waals surface area contributed by atoms with Gasteiger partial charge in [-0.1, -0.05) is 0 Å². The number of carbonyl (C=O) groups excluding carboxylic acids is 1. The number of nitrogens with zero attached hydrogens (tertiary/aromatic N) is 1. The van der Waals surface area contributed by atoms with Crippen LogP contribution >= 0.6 is 0 Å². The lowest BCUT2D eigenvalue weighted by Gasteiger charge is -2.32. The fourth-order valence-corrected chi connectivity index (χ4v) is 4.08. The second kappa shape index (κ2) is 6.40. The molecule has 8 heteroatoms. The van der Waals surface area contributed by atoms with Crippen molar-refractivity contribution >= 4 is 16.0 Å². The third-order valence-electron chi connectivity index (χ3n) is 3.39. The van der Waals surface area contributed by atoms with Gasteiger partial charge in [-0.25, -0.2) is 8.42 Å². The molecule has 1 saturated heterocycles. The van der Waals surface area contributed by atoms with E-state index < -0.39 is 27.5 Å². The summed E-state index contributed by atoms with van der Waals surface area (Å²) in [5, 5.41) is 0. The molecular weight excluding hydrogens is 296 g/mol. The minimum Gasteiger partial charge on any atom is -0.465 e. The van der Waals surface area contributed by atoms with Gasteiger partial charge in [-0.05, 0) is 26.2 Å². The van der Waals surface area contributed by atoms with Gasteiger partial charge in [0, 0.05) is 25.0 Å². The molecule has 1 N–H and O–H groups in total. The zero-order valence-corrected chi connectivity index (χ0v) is 12.6. The van der Waals surface area contributed by atoms with Crippen LogP contribution in [0.1, 0.15) is 26.2 Å². The maximum absolute atomic E-state index is 12.6. The predicted molar refractivity (Wildman–Crippen MR) is 75.2 cm³/mol. The second-order valence-electron chi connectivity index (χ2n) is 4.75. The topological polar surface area (TPSA) is 96.5 Å². The molecule has 0 saturated carbocycles. The third kappa shape index (κ3) is 3.16. The lowest BCUT2D eigenvalue weighted by Crippen LogP contribution is -2.49. The number of H-pyrrole nitrogens is 1. The van der Waals surface area contributed by atoms with Crippen molar-refractivity contribution in [1.29, 1.82) is 0 Å². The van der Waals surface area contributed by atoms with Crippen molar-refractivity contribution in [2.45, 2.75) is 37.1 Å². The number of aromatic nitrogens is 1. The van der Waals surface area contributed by atoms with Gasteiger partial charge in [-0.3, -0.25) is 9.59 Å². The summed E-state index contributed by atoms with van der Waals surface area (Å²) >= 11 is 0. The van der Waals surface area contributed by atoms with Crippen molar-refractivity contribution in [3.05, 3.63) is 28.7 Å². The molecule has 116 valence electrons. The van der Waals surface area contributed by atoms with E-state index in [4.69, 9.17) is 4.74 Å². The number of nitrogens with one attached hydrogen (secondary N) is 1. The van der Waals surface area contributed by atoms with Crippen molar-refractivity contribution in [2.75, 3.05) is 13.2 Å². The van der Waals surface area contributed by atoms with Gasteiger partial charge in [-0.2, -0.15) is 4.31 Å². The van der Waals surface area contributed by atoms with Gasteiger partial charge in [0.2, 0.25) is 15.5 Å². The van der Waals surface area contributed by atoms with Crippen LogP contribution in [0.3, 0.4) is 0 Å². The molecule has 0 spiro atoms. The number of carbonyl (C=O) groups is 1. The first kappa shape index (κ1) is 15.7. The largest absolute Gasteiger partial charge is 0.465 e. The molecule has 1 unspecified atom stereocenters. The molecule has 0 amide bonds. The van der Waals surface area contributed by atoms with Crippen LogP contribution in [0.4, 0.5) is 0 Å². The fraction of sp³-hybridized carbons (Fsp3) is 0.538. The average Bonchev–Trinajstić information content (AvgIpc) is 2.48. The normalized spacial score (nSPS) is 20.1. The summed E-state index contributed by atoms with van der Waals surface area (Å²) in [4.78, 5) is 26.0. The summed E-state index contributed by atoms with van der Waals surface area (Å²) in [6, 6.07) is 0.291. The summed E-state index contributed by atoms with van der Waals surface area (Å²) < 4.78 is 31.3. The van der Waals surface area contributed by atoms with Crippen molar-refractivity contribution in [3.63, 3.8) is 0 Å². The Bertz CT molecular complexity index is 667. The highest BCUT2D eigenvalue weighted by Crippen LogP contribution is 2.24. The van der Waals surface area contributed by atoms with E-state index in [2.05, 4.69) is 4.98 Å². The average molecular weight is 314 g/mol. The minimum atomic E-state index is -4.02. The Labute approximate surface area is 123 Å². The van der Waals surface area contributed by atoms with Gasteiger partial charge in [-0.15, -0.1) is 0 Å². The number of sulfonamides is 1. The third-order valence-corrected chi connectivity index (χ3v) is 5.32. The van der Waals surface area contributed by atoms with E-state index in [1.165, 1.54) is 6.20 Å². The number of hydrogen-bond donors (Lipinski definition) is 1. The van der Waals surface area contributed by atoms with Crippen LogP contribution in [-0.2, 0) is 19.6 Å². The highest BCUT2D eigenvalue weighted by molar-refractivity contribution is 7.89. The first-order valence-electron chi connectivity index (χ1n) is 6.84. The lowest BCUT2D eigenvalue weighted by atomic mass is 10.1. The predicted octanol–water partition coefficient (Wildman–Crippen LogP) is 0.481. The SMILES string of the molecule is CCOC(=O)C1CCCCN1S(=O)(=O)c1c[nH]ccc1=O. The van der Waals surface area contributed by atoms with Crippen LogP contribution in [0.25, 0.3) is 0 Å². The van der Waals surface area contributed by atoms with Gasteiger partial charge in [0.1, 0.15) is 10.9 Å². The van der Waals surface area contributed by atoms with Crippen molar-refractivity contribution < 1.29 is 17.9 Å². The van der Waals surface area contributed by atoms with Crippen LogP contribution in [0.5, 0.6) is 0 Å². The van der Waals surface area contributed by atoms with Crippen LogP contribution in [0.15, 0.2) is 28.2 Å². The number of pyridine rings is 1. The van der Waals surface area contributed by atoms with E-state index in [-0.39, 0.29) is 18.0 Å². The van der Waals surface area contributed by atoms with E-state index in [1.54, 1.807) is 6.92 Å². The molecule has 7 nitrogen and oxygen atoms in total. The second-order valence-corrected chi connectivity index (χ2v) is 6.61. The Morgan fingerprint density at radius 2 is 2.24 bits per heavy atom. The molecule has 0 radical (unpaired) electrons. The molecule has 1 atom stereocenters. The van der Waals surface area contributed by atoms with Crippen molar-refractivity contribution in [3.8, 4) is 0 Å². The summed E-state index contributed by atoms with van der Waals surface area (Å²) in [6.07, 6.45) is 4.32. The standard InChI is InChI=1S/C13H18N2O5S/c1-2-20-13(17)10-5-3-4-8-15(10)21(18,19)12-9-14-7-6-11(12)16/h6-7,9-10H,2-5,8H2,1H3,(H,14,16). The number of piperidine rings is 1. The Morgan fingerprint density at radius 1 is 1.48 bits per heavy atom. The summed E-state index contributed by atoms with van der Waals surface area (Å²) in [7, 11) is -4.02. The summed E-state index contributed by atoms with van der Waals surface area (Å²) in [6.45, 7) is 2.07. The van der Waals surface area contributed by atoms with Crippen LogP contribution in [0.2, 0.25) is 0 Å². The molecule has 2 heterocycles. The van der Waals surface area contributed by atoms with E-state index >= 15 is 0 Å². The number of ether oxygens (including phenoxy) is 1. The Balaban J connectivity index is 2.39. The maximum atomic E-state index is 12.6. The molecule has 0 aliphatic carbocycles. The number of hydrogen-bond acceptors (Lipinski definition) is 5. The molecule has 1 aliphatic heterocycles. The highest BCUT2D eigenvalue weighted by atomic mass is 32.2. The summed E-state index contributed by atoms with van der Waals surface area (Å²) in [5.41, 5.74) is -0.595. The Kier molecular flexibility index (Phi) is 4.79. The van der Waals surface area contributed by atoms with Gasteiger partial charge in [0.25, 0.3) is 0 Å². The van der Waals surface area contributed by atoms with E-state index in [0.29, 0.717) is 12.8 Å². The zero-order chi connectivity index (χ0) is 15.5. The van der Waals surface area contributed by atoms with E-state index in [1.807, 2.05) is 0 Å². The molecule has 0 bridgehead atoms. The van der Waals surface area contributed by atoms with Gasteiger partial charge in [0.15, 0.2) is 0 Å². The highest BCUT2D eigenvalue weighted by Gasteiger charge is 2.39. The maximum Gasteiger partial charge on any atom is 0.324 e. The Hall–Kier alpha value is -1.67. The van der Waals surface area contributed by atoms with Crippen LogP contribution in [-0.4, -0.2) is 42.9 Å². The van der Waals surface area contributed by atoms with Crippen LogP contribution in [0, 0.1) is 0 Å². The molecule has 1 aromatic heterocycles. The van der Waals surface area contributed by atoms with E-state index in [9.17, 15) is 18.0 Å². The molecule has 1 fully saturated rings. The van der Waals surface area contributed by atoms with Crippen molar-refractivity contribution in [2.24, 2.45) is 0 Å². The van der Waals surface area contributed by atoms with Gasteiger partial charge < -0.3 is 9.72 Å². The molecule has 1 aromatic rings. The smallest absolute Gasteiger partial charge is 0.324 e. The van der Waals surface area contributed by atoms with E-state index in [0.717, 1.165) is 23.0 Å². The first-order valence-corrected chi connectivity index (χ1v) is 8.28. The molecule has 1 aliphatic rings. The number of esters is 1. The quantitative estimate of drug-likeness (QED) is 0.815. The van der Waals surface area contributed by atoms with Crippen LogP contribution < -0.4 is 5.43 Å².